The Hall–Kier alpha value is -5.12. The molecule has 2 N–H and O–H groups in total. The van der Waals surface area contributed by atoms with Crippen LogP contribution in [-0.4, -0.2) is 84.8 Å². The van der Waals surface area contributed by atoms with Gasteiger partial charge in [-0.05, 0) is 33.4 Å². The number of ether oxygens (including phenoxy) is 9. The van der Waals surface area contributed by atoms with E-state index >= 15 is 0 Å². The molecule has 2 fully saturated rings. The van der Waals surface area contributed by atoms with E-state index in [1.54, 1.807) is 0 Å². The summed E-state index contributed by atoms with van der Waals surface area (Å²) in [7, 11) is 0. The van der Waals surface area contributed by atoms with Crippen molar-refractivity contribution in [1.82, 2.24) is 0 Å². The van der Waals surface area contributed by atoms with Gasteiger partial charge >= 0.3 is 0 Å². The number of hydrogen-bond donors (Lipinski definition) is 2. The summed E-state index contributed by atoms with van der Waals surface area (Å²) < 4.78 is 61.0. The lowest BCUT2D eigenvalue weighted by Crippen LogP contribution is -2.65. The zero-order valence-corrected chi connectivity index (χ0v) is 36.3. The number of aliphatic hydroxyl groups is 2. The van der Waals surface area contributed by atoms with E-state index in [-0.39, 0.29) is 39.6 Å². The molecule has 5 unspecified atom stereocenters. The maximum absolute atomic E-state index is 11.0. The van der Waals surface area contributed by atoms with E-state index in [4.69, 9.17) is 42.6 Å². The second kappa shape index (κ2) is 24.4. The second-order valence-electron chi connectivity index (χ2n) is 16.2. The third-order valence-electron chi connectivity index (χ3n) is 11.5. The van der Waals surface area contributed by atoms with Crippen LogP contribution < -0.4 is 0 Å². The smallest absolute Gasteiger partial charge is 0.190 e. The van der Waals surface area contributed by atoms with Crippen molar-refractivity contribution in [3.05, 3.63) is 215 Å². The Morgan fingerprint density at radius 2 is 0.508 bits per heavy atom. The average Bonchev–Trinajstić information content (AvgIpc) is 3.37. The molecule has 10 atom stereocenters. The molecule has 2 heterocycles. The van der Waals surface area contributed by atoms with Crippen molar-refractivity contribution in [3.8, 4) is 0 Å². The lowest BCUT2D eigenvalue weighted by atomic mass is 9.96. The molecule has 0 aromatic heterocycles. The first-order chi connectivity index (χ1) is 32.1. The minimum atomic E-state index is -1.20. The Morgan fingerprint density at radius 3 is 0.738 bits per heavy atom. The normalized spacial score (nSPS) is 25.6. The Morgan fingerprint density at radius 1 is 0.292 bits per heavy atom. The summed E-state index contributed by atoms with van der Waals surface area (Å²) in [4.78, 5) is 0. The van der Waals surface area contributed by atoms with Crippen LogP contribution in [0.1, 0.15) is 33.4 Å². The predicted octanol–water partition coefficient (Wildman–Crippen LogP) is 7.95. The SMILES string of the molecule is OCC1O[C@@H](O[C@@H]2OC(CO)[C@H](OCc3ccccc3)[C@@H](OCc3ccccc3)C2OCc2ccccc2)C(OCc2ccccc2)C(OCc2ccccc2)[C@@H]1OCc1ccccc1. The van der Waals surface area contributed by atoms with Crippen molar-refractivity contribution in [1.29, 1.82) is 0 Å². The highest BCUT2D eigenvalue weighted by Crippen LogP contribution is 2.36. The van der Waals surface area contributed by atoms with Gasteiger partial charge in [0.1, 0.15) is 48.8 Å². The molecule has 0 saturated carbocycles. The third kappa shape index (κ3) is 13.0. The van der Waals surface area contributed by atoms with Gasteiger partial charge in [0.2, 0.25) is 0 Å². The van der Waals surface area contributed by atoms with Crippen molar-refractivity contribution in [2.75, 3.05) is 13.2 Å². The zero-order chi connectivity index (χ0) is 44.5. The summed E-state index contributed by atoms with van der Waals surface area (Å²) in [6.07, 6.45) is -9.27. The fourth-order valence-corrected chi connectivity index (χ4v) is 8.14. The summed E-state index contributed by atoms with van der Waals surface area (Å²) in [6.45, 7) is 0.461. The molecule has 340 valence electrons. The molecule has 2 aliphatic heterocycles. The second-order valence-corrected chi connectivity index (χ2v) is 16.2. The molecule has 65 heavy (non-hydrogen) atoms. The molecular formula is C54H58O11. The maximum atomic E-state index is 11.0. The number of hydrogen-bond acceptors (Lipinski definition) is 11. The predicted molar refractivity (Wildman–Crippen MR) is 243 cm³/mol. The lowest BCUT2D eigenvalue weighted by Gasteiger charge is -2.49. The van der Waals surface area contributed by atoms with Crippen molar-refractivity contribution >= 4 is 0 Å². The van der Waals surface area contributed by atoms with E-state index in [9.17, 15) is 10.2 Å². The maximum Gasteiger partial charge on any atom is 0.190 e. The molecule has 0 radical (unpaired) electrons. The van der Waals surface area contributed by atoms with Gasteiger partial charge in [-0.1, -0.05) is 182 Å². The van der Waals surface area contributed by atoms with Gasteiger partial charge in [-0.2, -0.15) is 0 Å². The van der Waals surface area contributed by atoms with Gasteiger partial charge in [-0.3, -0.25) is 0 Å². The highest BCUT2D eigenvalue weighted by molar-refractivity contribution is 5.18. The molecule has 0 aliphatic carbocycles. The van der Waals surface area contributed by atoms with Crippen molar-refractivity contribution in [2.45, 2.75) is 101 Å². The fourth-order valence-electron chi connectivity index (χ4n) is 8.14. The van der Waals surface area contributed by atoms with Crippen LogP contribution in [0.5, 0.6) is 0 Å². The summed E-state index contributed by atoms with van der Waals surface area (Å²) >= 11 is 0. The minimum Gasteiger partial charge on any atom is -0.394 e. The Bertz CT molecular complexity index is 2050. The van der Waals surface area contributed by atoms with E-state index in [0.717, 1.165) is 33.4 Å². The number of aliphatic hydroxyl groups excluding tert-OH is 2. The Kier molecular flexibility index (Phi) is 17.4. The van der Waals surface area contributed by atoms with Gasteiger partial charge in [0, 0.05) is 0 Å². The van der Waals surface area contributed by atoms with E-state index in [1.807, 2.05) is 182 Å². The highest BCUT2D eigenvalue weighted by Gasteiger charge is 2.54. The van der Waals surface area contributed by atoms with Gasteiger partial charge in [-0.15, -0.1) is 0 Å². The molecule has 11 heteroatoms. The molecule has 2 aliphatic rings. The van der Waals surface area contributed by atoms with E-state index in [1.165, 1.54) is 0 Å². The average molecular weight is 883 g/mol. The summed E-state index contributed by atoms with van der Waals surface area (Å²) in [6, 6.07) is 58.9. The first-order valence-electron chi connectivity index (χ1n) is 22.3. The van der Waals surface area contributed by atoms with E-state index in [2.05, 4.69) is 0 Å². The van der Waals surface area contributed by atoms with Gasteiger partial charge < -0.3 is 52.8 Å². The van der Waals surface area contributed by atoms with Gasteiger partial charge in [0.05, 0.1) is 52.9 Å². The van der Waals surface area contributed by atoms with Crippen LogP contribution in [0.3, 0.4) is 0 Å². The number of benzene rings is 6. The van der Waals surface area contributed by atoms with Gasteiger partial charge in [-0.25, -0.2) is 0 Å². The van der Waals surface area contributed by atoms with Crippen LogP contribution in [0.25, 0.3) is 0 Å². The van der Waals surface area contributed by atoms with Crippen LogP contribution in [0, 0.1) is 0 Å². The van der Waals surface area contributed by atoms with Gasteiger partial charge in [0.15, 0.2) is 12.6 Å². The molecule has 11 nitrogen and oxygen atoms in total. The van der Waals surface area contributed by atoms with Crippen molar-refractivity contribution < 1.29 is 52.8 Å². The van der Waals surface area contributed by atoms with E-state index in [0.29, 0.717) is 0 Å². The molecule has 0 amide bonds. The molecule has 8 rings (SSSR count). The molecule has 0 spiro atoms. The number of rotatable bonds is 22. The first kappa shape index (κ1) is 46.4. The summed E-state index contributed by atoms with van der Waals surface area (Å²) in [5.74, 6) is 0. The van der Waals surface area contributed by atoms with Gasteiger partial charge in [0.25, 0.3) is 0 Å². The summed E-state index contributed by atoms with van der Waals surface area (Å²) in [5, 5.41) is 22.1. The van der Waals surface area contributed by atoms with Crippen LogP contribution >= 0.6 is 0 Å². The van der Waals surface area contributed by atoms with Crippen molar-refractivity contribution in [2.24, 2.45) is 0 Å². The van der Waals surface area contributed by atoms with Crippen LogP contribution in [0.15, 0.2) is 182 Å². The molecule has 6 aromatic carbocycles. The van der Waals surface area contributed by atoms with E-state index < -0.39 is 74.6 Å². The molecular weight excluding hydrogens is 825 g/mol. The fraction of sp³-hybridized carbons (Fsp3) is 0.333. The topological polar surface area (TPSA) is 124 Å². The van der Waals surface area contributed by atoms with Crippen molar-refractivity contribution in [3.63, 3.8) is 0 Å². The molecule has 2 saturated heterocycles. The minimum absolute atomic E-state index is 0.187. The Balaban J connectivity index is 1.15. The van der Waals surface area contributed by atoms with Crippen LogP contribution in [0.2, 0.25) is 0 Å². The monoisotopic (exact) mass is 882 g/mol. The quantitative estimate of drug-likeness (QED) is 0.0691. The summed E-state index contributed by atoms with van der Waals surface area (Å²) in [5.41, 5.74) is 5.62. The largest absolute Gasteiger partial charge is 0.394 e. The zero-order valence-electron chi connectivity index (χ0n) is 36.3. The van der Waals surface area contributed by atoms with Crippen LogP contribution in [-0.2, 0) is 82.3 Å². The lowest BCUT2D eigenvalue weighted by molar-refractivity contribution is -0.393. The Labute approximate surface area is 381 Å². The molecule has 0 bridgehead atoms. The first-order valence-corrected chi connectivity index (χ1v) is 22.3. The standard InChI is InChI=1S/C54H58O11/c55-31-45-47(57-33-39-19-7-1-8-20-39)49(59-35-41-23-11-3-12-24-41)51(61-37-43-27-15-5-16-28-43)53(63-45)65-54-52(62-38-44-29-17-6-18-30-44)50(60-36-42-25-13-4-14-26-42)48(46(32-56)64-54)58-34-40-21-9-2-10-22-40/h1-30,45-56H,31-38H2/t45?,46?,47-,48+,49+,50?,51?,52?,53-,54-/m0/s1. The third-order valence-corrected chi connectivity index (χ3v) is 11.5. The highest BCUT2D eigenvalue weighted by atomic mass is 16.8. The molecule has 6 aromatic rings. The van der Waals surface area contributed by atoms with Crippen LogP contribution in [0.4, 0.5) is 0 Å².